The quantitative estimate of drug-likeness (QED) is 0.375. The Hall–Kier alpha value is -2.12. The molecule has 8 heteroatoms. The van der Waals surface area contributed by atoms with E-state index >= 15 is 0 Å². The van der Waals surface area contributed by atoms with Gasteiger partial charge in [-0.3, -0.25) is 19.2 Å². The number of carboxylic acids is 4. The second kappa shape index (κ2) is 10.6. The Kier molecular flexibility index (Phi) is 9.56. The molecule has 0 aromatic heterocycles. The Morgan fingerprint density at radius 1 is 0.591 bits per heavy atom. The highest BCUT2D eigenvalue weighted by Gasteiger charge is 2.21. The standard InChI is InChI=1S/C14H22O8/c15-11(16)7-9(13(19)20)5-3-1-2-4-6-10(14(21)22)8-12(17)18/h9-10H,1-8H2,(H,15,16)(H,17,18)(H,19,20)(H,21,22). The van der Waals surface area contributed by atoms with Crippen molar-refractivity contribution in [2.24, 2.45) is 11.8 Å². The summed E-state index contributed by atoms with van der Waals surface area (Å²) in [6.07, 6.45) is 2.11. The van der Waals surface area contributed by atoms with Gasteiger partial charge < -0.3 is 20.4 Å². The third-order valence-corrected chi connectivity index (χ3v) is 3.40. The van der Waals surface area contributed by atoms with E-state index in [0.717, 1.165) is 0 Å². The zero-order valence-corrected chi connectivity index (χ0v) is 12.2. The monoisotopic (exact) mass is 318 g/mol. The first-order chi connectivity index (χ1) is 10.2. The predicted molar refractivity (Wildman–Crippen MR) is 74.5 cm³/mol. The fourth-order valence-electron chi connectivity index (χ4n) is 2.18. The summed E-state index contributed by atoms with van der Waals surface area (Å²) >= 11 is 0. The van der Waals surface area contributed by atoms with Crippen LogP contribution in [0.1, 0.15) is 51.4 Å². The molecule has 0 aliphatic carbocycles. The minimum atomic E-state index is -1.15. The Morgan fingerprint density at radius 3 is 1.14 bits per heavy atom. The van der Waals surface area contributed by atoms with Crippen molar-refractivity contribution >= 4 is 23.9 Å². The molecule has 0 aromatic rings. The van der Waals surface area contributed by atoms with E-state index in [9.17, 15) is 19.2 Å². The Balaban J connectivity index is 3.91. The minimum absolute atomic E-state index is 0.263. The number of rotatable bonds is 13. The number of hydrogen-bond donors (Lipinski definition) is 4. The summed E-state index contributed by atoms with van der Waals surface area (Å²) in [4.78, 5) is 42.7. The summed E-state index contributed by atoms with van der Waals surface area (Å²) in [6, 6.07) is 0. The minimum Gasteiger partial charge on any atom is -0.481 e. The molecule has 8 nitrogen and oxygen atoms in total. The molecule has 22 heavy (non-hydrogen) atoms. The molecule has 2 unspecified atom stereocenters. The molecule has 0 saturated heterocycles. The van der Waals surface area contributed by atoms with E-state index in [1.807, 2.05) is 0 Å². The van der Waals surface area contributed by atoms with Crippen molar-refractivity contribution in [2.45, 2.75) is 51.4 Å². The first-order valence-corrected chi connectivity index (χ1v) is 7.13. The second-order valence-corrected chi connectivity index (χ2v) is 5.26. The van der Waals surface area contributed by atoms with Gasteiger partial charge in [-0.1, -0.05) is 25.7 Å². The van der Waals surface area contributed by atoms with Gasteiger partial charge in [0.25, 0.3) is 0 Å². The first kappa shape index (κ1) is 19.9. The van der Waals surface area contributed by atoms with Gasteiger partial charge in [0.2, 0.25) is 0 Å². The largest absolute Gasteiger partial charge is 0.481 e. The third-order valence-electron chi connectivity index (χ3n) is 3.40. The van der Waals surface area contributed by atoms with E-state index in [4.69, 9.17) is 20.4 Å². The lowest BCUT2D eigenvalue weighted by atomic mass is 9.95. The summed E-state index contributed by atoms with van der Waals surface area (Å²) in [7, 11) is 0. The van der Waals surface area contributed by atoms with E-state index in [2.05, 4.69) is 0 Å². The van der Waals surface area contributed by atoms with E-state index in [-0.39, 0.29) is 12.8 Å². The first-order valence-electron chi connectivity index (χ1n) is 7.13. The van der Waals surface area contributed by atoms with Gasteiger partial charge in [0.05, 0.1) is 24.7 Å². The van der Waals surface area contributed by atoms with Crippen molar-refractivity contribution in [3.05, 3.63) is 0 Å². The van der Waals surface area contributed by atoms with E-state index in [1.165, 1.54) is 0 Å². The molecule has 0 bridgehead atoms. The molecular formula is C14H22O8. The van der Waals surface area contributed by atoms with Crippen LogP contribution in [0, 0.1) is 11.8 Å². The van der Waals surface area contributed by atoms with E-state index in [1.54, 1.807) is 0 Å². The van der Waals surface area contributed by atoms with Gasteiger partial charge in [-0.2, -0.15) is 0 Å². The van der Waals surface area contributed by atoms with Crippen molar-refractivity contribution < 1.29 is 39.6 Å². The molecule has 4 N–H and O–H groups in total. The lowest BCUT2D eigenvalue weighted by Gasteiger charge is -2.11. The number of aliphatic carboxylic acids is 4. The SMILES string of the molecule is O=C(O)CC(CCCCCCC(CC(=O)O)C(=O)O)C(=O)O. The molecule has 0 spiro atoms. The van der Waals surface area contributed by atoms with Crippen molar-refractivity contribution in [3.8, 4) is 0 Å². The third kappa shape index (κ3) is 9.73. The summed E-state index contributed by atoms with van der Waals surface area (Å²) in [6.45, 7) is 0. The highest BCUT2D eigenvalue weighted by Crippen LogP contribution is 2.18. The van der Waals surface area contributed by atoms with Crippen LogP contribution >= 0.6 is 0 Å². The fourth-order valence-corrected chi connectivity index (χ4v) is 2.18. The average Bonchev–Trinajstić information content (AvgIpc) is 2.38. The highest BCUT2D eigenvalue weighted by molar-refractivity contribution is 5.78. The van der Waals surface area contributed by atoms with Gasteiger partial charge in [-0.15, -0.1) is 0 Å². The fraction of sp³-hybridized carbons (Fsp3) is 0.714. The summed E-state index contributed by atoms with van der Waals surface area (Å²) in [5.74, 6) is -6.37. The van der Waals surface area contributed by atoms with Crippen LogP contribution in [0.25, 0.3) is 0 Å². The van der Waals surface area contributed by atoms with E-state index in [0.29, 0.717) is 25.7 Å². The lowest BCUT2D eigenvalue weighted by Crippen LogP contribution is -2.18. The maximum absolute atomic E-state index is 10.8. The van der Waals surface area contributed by atoms with Gasteiger partial charge in [-0.25, -0.2) is 0 Å². The molecule has 0 radical (unpaired) electrons. The van der Waals surface area contributed by atoms with Crippen LogP contribution in [0.2, 0.25) is 0 Å². The number of carbonyl (C=O) groups is 4. The predicted octanol–water partition coefficient (Wildman–Crippen LogP) is 1.68. The molecule has 0 heterocycles. The maximum Gasteiger partial charge on any atom is 0.307 e. The molecule has 0 rings (SSSR count). The van der Waals surface area contributed by atoms with Crippen molar-refractivity contribution in [1.82, 2.24) is 0 Å². The van der Waals surface area contributed by atoms with Crippen LogP contribution in [-0.2, 0) is 19.2 Å². The summed E-state index contributed by atoms with van der Waals surface area (Å²) < 4.78 is 0. The Labute approximate surface area is 127 Å². The summed E-state index contributed by atoms with van der Waals surface area (Å²) in [5, 5.41) is 34.9. The molecule has 0 aliphatic heterocycles. The zero-order chi connectivity index (χ0) is 17.1. The molecule has 0 fully saturated rings. The molecule has 126 valence electrons. The van der Waals surface area contributed by atoms with Crippen molar-refractivity contribution in [2.75, 3.05) is 0 Å². The molecule has 0 aromatic carbocycles. The van der Waals surface area contributed by atoms with Crippen LogP contribution in [0.5, 0.6) is 0 Å². The van der Waals surface area contributed by atoms with Crippen LogP contribution in [0.4, 0.5) is 0 Å². The van der Waals surface area contributed by atoms with Crippen LogP contribution in [-0.4, -0.2) is 44.3 Å². The average molecular weight is 318 g/mol. The van der Waals surface area contributed by atoms with Crippen LogP contribution in [0.3, 0.4) is 0 Å². The number of unbranched alkanes of at least 4 members (excludes halogenated alkanes) is 3. The smallest absolute Gasteiger partial charge is 0.307 e. The number of carboxylic acid groups (broad SMARTS) is 4. The van der Waals surface area contributed by atoms with Gasteiger partial charge in [0, 0.05) is 0 Å². The van der Waals surface area contributed by atoms with E-state index < -0.39 is 48.6 Å². The van der Waals surface area contributed by atoms with Crippen molar-refractivity contribution in [3.63, 3.8) is 0 Å². The molecule has 0 saturated carbocycles. The van der Waals surface area contributed by atoms with Crippen LogP contribution < -0.4 is 0 Å². The highest BCUT2D eigenvalue weighted by atomic mass is 16.4. The van der Waals surface area contributed by atoms with Gasteiger partial charge in [-0.05, 0) is 12.8 Å². The second-order valence-electron chi connectivity index (χ2n) is 5.26. The lowest BCUT2D eigenvalue weighted by molar-refractivity contribution is -0.148. The Morgan fingerprint density at radius 2 is 0.909 bits per heavy atom. The normalized spacial score (nSPS) is 13.3. The molecule has 2 atom stereocenters. The number of hydrogen-bond acceptors (Lipinski definition) is 4. The van der Waals surface area contributed by atoms with Crippen LogP contribution in [0.15, 0.2) is 0 Å². The molecular weight excluding hydrogens is 296 g/mol. The molecule has 0 amide bonds. The van der Waals surface area contributed by atoms with Gasteiger partial charge >= 0.3 is 23.9 Å². The topological polar surface area (TPSA) is 149 Å². The van der Waals surface area contributed by atoms with Gasteiger partial charge in [0.1, 0.15) is 0 Å². The maximum atomic E-state index is 10.8. The summed E-state index contributed by atoms with van der Waals surface area (Å²) in [5.41, 5.74) is 0. The molecule has 0 aliphatic rings. The Bertz CT molecular complexity index is 366. The van der Waals surface area contributed by atoms with Crippen molar-refractivity contribution in [1.29, 1.82) is 0 Å². The zero-order valence-electron chi connectivity index (χ0n) is 12.2. The van der Waals surface area contributed by atoms with Gasteiger partial charge in [0.15, 0.2) is 0 Å².